The SMILES string of the molecule is O=S(=O)(Oc1ccc2ccc(-c3c4ccccc4c(-c4cccc5ccccc45)c4ccccc34)cc2c1)C(F)(F)F.OB(O)c1ccccc1.c1ccc(-c2ccc3ccc(-c4c5ccccc5c(-c5cccc6ccccc56)c5ccccc45)cc3c2)cc1. The van der Waals surface area contributed by atoms with Gasteiger partial charge in [-0.15, -0.1) is 0 Å². The Bertz CT molecular complexity index is 5440. The van der Waals surface area contributed by atoms with Crippen molar-refractivity contribution in [3.05, 3.63) is 315 Å². The fraction of sp³-hybridized carbons (Fsp3) is 0.0123. The standard InChI is InChI=1S/C40H26.C35H21F3O3S.C6H7BO2/c1-2-11-27(12-3-1)30-23-21-28-22-24-31(26-32(28)25-30)39-35-16-6-8-18-37(35)40(38-19-9-7-17-36(38)39)34-20-10-14-29-13-4-5-15-33(29)34;36-35(37,38)42(39,40)41-26-19-18-22-16-17-24(20-25(22)21-26)33-29-11-3-5-13-31(29)34(32-14-6-4-12-30(32)33)28-15-7-9-23-8-1-2-10-27(23)28;8-7(9)6-4-2-1-3-5-6/h1-26H;1-21H;1-5,8-9H. The molecule has 0 unspecified atom stereocenters. The lowest BCUT2D eigenvalue weighted by molar-refractivity contribution is -0.0500. The molecule has 0 heterocycles. The second-order valence-corrected chi connectivity index (χ2v) is 23.9. The van der Waals surface area contributed by atoms with Crippen LogP contribution in [0, 0.1) is 0 Å². The molecule has 0 aromatic heterocycles. The number of rotatable bonds is 8. The average molecular weight is 1210 g/mol. The van der Waals surface area contributed by atoms with Gasteiger partial charge in [-0.1, -0.05) is 285 Å². The van der Waals surface area contributed by atoms with Crippen LogP contribution in [0.15, 0.2) is 315 Å². The summed E-state index contributed by atoms with van der Waals surface area (Å²) in [5, 5.41) is 35.1. The Morgan fingerprint density at radius 3 is 1.02 bits per heavy atom. The highest BCUT2D eigenvalue weighted by Crippen LogP contribution is 2.48. The molecule has 91 heavy (non-hydrogen) atoms. The van der Waals surface area contributed by atoms with E-state index in [-0.39, 0.29) is 0 Å². The highest BCUT2D eigenvalue weighted by molar-refractivity contribution is 7.88. The van der Waals surface area contributed by atoms with Gasteiger partial charge in [-0.05, 0) is 178 Å². The van der Waals surface area contributed by atoms with Crippen molar-refractivity contribution in [1.82, 2.24) is 0 Å². The molecular weight excluding hydrogens is 1150 g/mol. The molecule has 16 rings (SSSR count). The summed E-state index contributed by atoms with van der Waals surface area (Å²) in [6, 6.07) is 107. The molecule has 438 valence electrons. The van der Waals surface area contributed by atoms with Crippen molar-refractivity contribution in [3.63, 3.8) is 0 Å². The average Bonchev–Trinajstić information content (AvgIpc) is 0.851. The topological polar surface area (TPSA) is 83.8 Å². The molecule has 0 bridgehead atoms. The van der Waals surface area contributed by atoms with Gasteiger partial charge in [0.1, 0.15) is 5.75 Å². The lowest BCUT2D eigenvalue weighted by atomic mass is 9.81. The summed E-state index contributed by atoms with van der Waals surface area (Å²) < 4.78 is 66.5. The fourth-order valence-electron chi connectivity index (χ4n) is 12.8. The number of hydrogen-bond donors (Lipinski definition) is 2. The van der Waals surface area contributed by atoms with Gasteiger partial charge in [-0.25, -0.2) is 0 Å². The van der Waals surface area contributed by atoms with Crippen LogP contribution in [0.5, 0.6) is 5.75 Å². The third-order valence-electron chi connectivity index (χ3n) is 16.9. The summed E-state index contributed by atoms with van der Waals surface area (Å²) in [7, 11) is -7.13. The first-order valence-electron chi connectivity index (χ1n) is 29.8. The molecule has 0 saturated carbocycles. The van der Waals surface area contributed by atoms with E-state index in [1.807, 2.05) is 60.7 Å². The minimum atomic E-state index is -5.79. The minimum Gasteiger partial charge on any atom is -0.423 e. The summed E-state index contributed by atoms with van der Waals surface area (Å²) in [6.45, 7) is 0. The highest BCUT2D eigenvalue weighted by Gasteiger charge is 2.48. The van der Waals surface area contributed by atoms with E-state index in [0.717, 1.165) is 60.0 Å². The number of alkyl halides is 3. The van der Waals surface area contributed by atoms with E-state index in [1.165, 1.54) is 88.6 Å². The molecule has 0 aliphatic carbocycles. The zero-order chi connectivity index (χ0) is 62.2. The molecule has 0 aliphatic rings. The number of halogens is 3. The summed E-state index contributed by atoms with van der Waals surface area (Å²) in [6.07, 6.45) is 0. The van der Waals surface area contributed by atoms with Crippen molar-refractivity contribution in [2.45, 2.75) is 5.51 Å². The van der Waals surface area contributed by atoms with Gasteiger partial charge in [0.05, 0.1) is 0 Å². The molecule has 0 radical (unpaired) electrons. The van der Waals surface area contributed by atoms with Crippen LogP contribution in [-0.4, -0.2) is 31.1 Å². The van der Waals surface area contributed by atoms with E-state index in [9.17, 15) is 21.6 Å². The maximum Gasteiger partial charge on any atom is 0.534 e. The lowest BCUT2D eigenvalue weighted by Crippen LogP contribution is -2.29. The fourth-order valence-corrected chi connectivity index (χ4v) is 13.2. The Morgan fingerprint density at radius 1 is 0.286 bits per heavy atom. The van der Waals surface area contributed by atoms with Gasteiger partial charge in [0.2, 0.25) is 0 Å². The molecular formula is C81H54BF3O5S. The molecule has 0 fully saturated rings. The lowest BCUT2D eigenvalue weighted by Gasteiger charge is -2.19. The molecule has 0 atom stereocenters. The summed E-state index contributed by atoms with van der Waals surface area (Å²) >= 11 is 0. The summed E-state index contributed by atoms with van der Waals surface area (Å²) in [5.41, 5.74) is 6.67. The van der Waals surface area contributed by atoms with Gasteiger partial charge in [-0.2, -0.15) is 21.6 Å². The summed E-state index contributed by atoms with van der Waals surface area (Å²) in [4.78, 5) is 0. The van der Waals surface area contributed by atoms with Gasteiger partial charge in [0.25, 0.3) is 0 Å². The minimum absolute atomic E-state index is 0.405. The first-order valence-corrected chi connectivity index (χ1v) is 31.2. The van der Waals surface area contributed by atoms with E-state index >= 15 is 0 Å². The smallest absolute Gasteiger partial charge is 0.423 e. The molecule has 16 aromatic carbocycles. The van der Waals surface area contributed by atoms with E-state index < -0.39 is 28.5 Å². The molecule has 5 nitrogen and oxygen atoms in total. The maximum atomic E-state index is 12.9. The predicted molar refractivity (Wildman–Crippen MR) is 372 cm³/mol. The molecule has 2 N–H and O–H groups in total. The van der Waals surface area contributed by atoms with Crippen molar-refractivity contribution < 1.29 is 35.8 Å². The van der Waals surface area contributed by atoms with Crippen LogP contribution in [0.3, 0.4) is 0 Å². The quantitative estimate of drug-likeness (QED) is 0.0685. The van der Waals surface area contributed by atoms with E-state index in [4.69, 9.17) is 10.0 Å². The van der Waals surface area contributed by atoms with Crippen molar-refractivity contribution in [2.75, 3.05) is 0 Å². The van der Waals surface area contributed by atoms with Gasteiger partial charge in [0, 0.05) is 0 Å². The van der Waals surface area contributed by atoms with Crippen LogP contribution in [0.2, 0.25) is 0 Å². The van der Waals surface area contributed by atoms with Crippen LogP contribution in [-0.2, 0) is 10.1 Å². The zero-order valence-electron chi connectivity index (χ0n) is 48.8. The Labute approximate surface area is 524 Å². The first-order chi connectivity index (χ1) is 44.4. The molecule has 0 aliphatic heterocycles. The molecule has 0 spiro atoms. The number of fused-ring (bicyclic) bond motifs is 8. The van der Waals surface area contributed by atoms with Crippen molar-refractivity contribution in [3.8, 4) is 61.4 Å². The number of benzene rings is 16. The largest absolute Gasteiger partial charge is 0.534 e. The van der Waals surface area contributed by atoms with Crippen LogP contribution >= 0.6 is 0 Å². The van der Waals surface area contributed by atoms with E-state index in [0.29, 0.717) is 10.8 Å². The molecule has 10 heteroatoms. The van der Waals surface area contributed by atoms with Crippen LogP contribution in [0.25, 0.3) is 142 Å². The normalized spacial score (nSPS) is 11.7. The van der Waals surface area contributed by atoms with Crippen molar-refractivity contribution in [2.24, 2.45) is 0 Å². The Kier molecular flexibility index (Phi) is 15.4. The molecule has 16 aromatic rings. The van der Waals surface area contributed by atoms with Crippen LogP contribution < -0.4 is 9.65 Å². The zero-order valence-corrected chi connectivity index (χ0v) is 49.6. The van der Waals surface area contributed by atoms with E-state index in [2.05, 4.69) is 217 Å². The maximum absolute atomic E-state index is 12.9. The van der Waals surface area contributed by atoms with Gasteiger partial charge in [-0.3, -0.25) is 0 Å². The molecule has 0 amide bonds. The molecule has 0 saturated heterocycles. The predicted octanol–water partition coefficient (Wildman–Crippen LogP) is 20.5. The van der Waals surface area contributed by atoms with Gasteiger partial charge in [0.15, 0.2) is 0 Å². The Morgan fingerprint density at radius 2 is 0.615 bits per heavy atom. The third-order valence-corrected chi connectivity index (χ3v) is 17.9. The second-order valence-electron chi connectivity index (χ2n) is 22.4. The summed E-state index contributed by atoms with van der Waals surface area (Å²) in [5.74, 6) is -0.405. The Hall–Kier alpha value is -10.9. The van der Waals surface area contributed by atoms with Crippen LogP contribution in [0.1, 0.15) is 0 Å². The Balaban J connectivity index is 0.000000139. The van der Waals surface area contributed by atoms with Crippen molar-refractivity contribution in [1.29, 1.82) is 0 Å². The number of hydrogen-bond acceptors (Lipinski definition) is 5. The van der Waals surface area contributed by atoms with Crippen LogP contribution in [0.4, 0.5) is 13.2 Å². The third kappa shape index (κ3) is 11.2. The van der Waals surface area contributed by atoms with Gasteiger partial charge < -0.3 is 14.2 Å². The highest BCUT2D eigenvalue weighted by atomic mass is 32.2. The first kappa shape index (κ1) is 57.8. The van der Waals surface area contributed by atoms with E-state index in [1.54, 1.807) is 30.3 Å². The van der Waals surface area contributed by atoms with Crippen molar-refractivity contribution >= 4 is 109 Å². The second kappa shape index (κ2) is 24.2. The van der Waals surface area contributed by atoms with Gasteiger partial charge >= 0.3 is 22.7 Å². The monoisotopic (exact) mass is 1210 g/mol.